The van der Waals surface area contributed by atoms with Crippen molar-refractivity contribution in [2.75, 3.05) is 19.8 Å². The predicted molar refractivity (Wildman–Crippen MR) is 165 cm³/mol. The molecule has 0 saturated heterocycles. The SMILES string of the molecule is CCCCCCCCCCCCCCCC(=O)O[C@H](COC(=O)CCCCCCCCCCNC(C)=O)COP(=O)([O-])[O-].[Na+].[Na+]. The molecule has 0 bridgehead atoms. The molecule has 0 unspecified atom stereocenters. The molecule has 13 heteroatoms. The Kier molecular flexibility index (Phi) is 39.7. The number of hydrogen-bond donors (Lipinski definition) is 1. The number of ether oxygens (including phenoxy) is 2. The van der Waals surface area contributed by atoms with Gasteiger partial charge < -0.3 is 33.7 Å². The van der Waals surface area contributed by atoms with E-state index in [1.165, 1.54) is 64.7 Å². The zero-order valence-electron chi connectivity index (χ0n) is 29.1. The molecule has 45 heavy (non-hydrogen) atoms. The number of carbonyl (C=O) groups excluding carboxylic acids is 3. The molecule has 254 valence electrons. The molecular formula is C32H60NNa2O9P. The Balaban J connectivity index is -0.00000882. The average Bonchev–Trinajstić information content (AvgIpc) is 2.95. The fourth-order valence-corrected chi connectivity index (χ4v) is 5.15. The van der Waals surface area contributed by atoms with E-state index in [2.05, 4.69) is 16.8 Å². The number of rotatable bonds is 31. The van der Waals surface area contributed by atoms with Gasteiger partial charge in [-0.05, 0) is 19.3 Å². The maximum atomic E-state index is 12.3. The van der Waals surface area contributed by atoms with Gasteiger partial charge in [-0.1, -0.05) is 122 Å². The van der Waals surface area contributed by atoms with Crippen molar-refractivity contribution < 1.29 is 102 Å². The van der Waals surface area contributed by atoms with Crippen LogP contribution in [0.15, 0.2) is 0 Å². The third-order valence-electron chi connectivity index (χ3n) is 7.31. The number of phosphoric acid groups is 1. The van der Waals surface area contributed by atoms with Crippen molar-refractivity contribution in [2.45, 2.75) is 168 Å². The minimum Gasteiger partial charge on any atom is -0.790 e. The molecule has 0 aliphatic heterocycles. The smallest absolute Gasteiger partial charge is 0.790 e. The summed E-state index contributed by atoms with van der Waals surface area (Å²) in [6, 6.07) is 0. The van der Waals surface area contributed by atoms with Gasteiger partial charge in [0.2, 0.25) is 5.91 Å². The average molecular weight is 680 g/mol. The summed E-state index contributed by atoms with van der Waals surface area (Å²) in [5.74, 6) is -1.00. The van der Waals surface area contributed by atoms with E-state index in [1.807, 2.05) is 0 Å². The van der Waals surface area contributed by atoms with Crippen LogP contribution >= 0.6 is 7.82 Å². The van der Waals surface area contributed by atoms with Crippen LogP contribution in [0.5, 0.6) is 0 Å². The second-order valence-electron chi connectivity index (χ2n) is 11.6. The summed E-state index contributed by atoms with van der Waals surface area (Å²) in [7, 11) is -5.25. The Morgan fingerprint density at radius 2 is 1.02 bits per heavy atom. The summed E-state index contributed by atoms with van der Waals surface area (Å²) < 4.78 is 25.6. The van der Waals surface area contributed by atoms with Crippen LogP contribution < -0.4 is 74.2 Å². The quantitative estimate of drug-likeness (QED) is 0.0476. The Bertz CT molecular complexity index is 756. The minimum absolute atomic E-state index is 0. The summed E-state index contributed by atoms with van der Waals surface area (Å²) in [6.45, 7) is 3.43. The molecule has 0 saturated carbocycles. The predicted octanol–water partition coefficient (Wildman–Crippen LogP) is 0.423. The molecule has 0 aliphatic carbocycles. The van der Waals surface area contributed by atoms with Gasteiger partial charge in [0.1, 0.15) is 6.61 Å². The van der Waals surface area contributed by atoms with E-state index < -0.39 is 32.5 Å². The Hall–Kier alpha value is 0.520. The van der Waals surface area contributed by atoms with Crippen molar-refractivity contribution in [2.24, 2.45) is 0 Å². The number of esters is 2. The summed E-state index contributed by atoms with van der Waals surface area (Å²) in [4.78, 5) is 57.0. The van der Waals surface area contributed by atoms with Crippen molar-refractivity contribution in [1.29, 1.82) is 0 Å². The van der Waals surface area contributed by atoms with Crippen LogP contribution in [-0.2, 0) is 32.9 Å². The number of unbranched alkanes of at least 4 members (excludes halogenated alkanes) is 19. The number of phosphoric ester groups is 1. The van der Waals surface area contributed by atoms with Gasteiger partial charge in [0.05, 0.1) is 14.4 Å². The van der Waals surface area contributed by atoms with Crippen molar-refractivity contribution in [3.63, 3.8) is 0 Å². The molecule has 1 amide bonds. The zero-order chi connectivity index (χ0) is 32.0. The summed E-state index contributed by atoms with van der Waals surface area (Å²) in [6.07, 6.45) is 22.6. The summed E-state index contributed by atoms with van der Waals surface area (Å²) in [5, 5.41) is 2.78. The van der Waals surface area contributed by atoms with Gasteiger partial charge in [0.15, 0.2) is 6.10 Å². The molecule has 1 atom stereocenters. The van der Waals surface area contributed by atoms with Crippen molar-refractivity contribution in [1.82, 2.24) is 5.32 Å². The van der Waals surface area contributed by atoms with E-state index in [-0.39, 0.29) is 84.5 Å². The molecule has 0 aromatic heterocycles. The molecule has 0 heterocycles. The molecule has 0 rings (SSSR count). The topological polar surface area (TPSA) is 154 Å². The second kappa shape index (κ2) is 35.8. The van der Waals surface area contributed by atoms with E-state index >= 15 is 0 Å². The standard InChI is InChI=1S/C32H62NO9P.2Na/c1-3-4-5-6-7-8-9-10-11-12-16-19-22-25-32(36)42-30(28-41-43(37,38)39)27-40-31(35)24-21-18-15-13-14-17-20-23-26-33-29(2)34;;/h30H,3-28H2,1-2H3,(H,33,34)(H2,37,38,39);;/q;2*+1/p-2/t30-;;/m1../s1. The third-order valence-corrected chi connectivity index (χ3v) is 7.78. The van der Waals surface area contributed by atoms with E-state index in [0.29, 0.717) is 12.8 Å². The molecule has 0 spiro atoms. The number of amides is 1. The van der Waals surface area contributed by atoms with Gasteiger partial charge in [-0.2, -0.15) is 0 Å². The fourth-order valence-electron chi connectivity index (χ4n) is 4.80. The van der Waals surface area contributed by atoms with Crippen LogP contribution in [0.4, 0.5) is 0 Å². The van der Waals surface area contributed by atoms with E-state index in [9.17, 15) is 28.7 Å². The first-order valence-corrected chi connectivity index (χ1v) is 18.4. The Morgan fingerprint density at radius 3 is 1.44 bits per heavy atom. The van der Waals surface area contributed by atoms with Crippen LogP contribution in [0, 0.1) is 0 Å². The van der Waals surface area contributed by atoms with Gasteiger partial charge in [-0.25, -0.2) is 0 Å². The second-order valence-corrected chi connectivity index (χ2v) is 12.7. The maximum Gasteiger partial charge on any atom is 1.00 e. The summed E-state index contributed by atoms with van der Waals surface area (Å²) >= 11 is 0. The maximum absolute atomic E-state index is 12.3. The van der Waals surface area contributed by atoms with Crippen molar-refractivity contribution in [3.05, 3.63) is 0 Å². The molecule has 10 nitrogen and oxygen atoms in total. The first-order chi connectivity index (χ1) is 20.6. The first kappa shape index (κ1) is 49.9. The van der Waals surface area contributed by atoms with Crippen LogP contribution in [0.25, 0.3) is 0 Å². The third kappa shape index (κ3) is 40.6. The van der Waals surface area contributed by atoms with Gasteiger partial charge in [-0.15, -0.1) is 0 Å². The van der Waals surface area contributed by atoms with Crippen molar-refractivity contribution >= 4 is 25.7 Å². The summed E-state index contributed by atoms with van der Waals surface area (Å²) in [5.41, 5.74) is 0. The monoisotopic (exact) mass is 679 g/mol. The van der Waals surface area contributed by atoms with Crippen LogP contribution in [0.3, 0.4) is 0 Å². The number of hydrogen-bond acceptors (Lipinski definition) is 9. The molecule has 0 aromatic rings. The molecule has 1 N–H and O–H groups in total. The van der Waals surface area contributed by atoms with Crippen LogP contribution in [0.1, 0.15) is 162 Å². The molecule has 0 radical (unpaired) electrons. The first-order valence-electron chi connectivity index (χ1n) is 16.9. The van der Waals surface area contributed by atoms with Gasteiger partial charge in [-0.3, -0.25) is 14.4 Å². The minimum atomic E-state index is -5.25. The van der Waals surface area contributed by atoms with E-state index in [4.69, 9.17) is 9.47 Å². The van der Waals surface area contributed by atoms with Crippen LogP contribution in [0.2, 0.25) is 0 Å². The van der Waals surface area contributed by atoms with Gasteiger partial charge in [0, 0.05) is 26.3 Å². The van der Waals surface area contributed by atoms with E-state index in [1.54, 1.807) is 0 Å². The number of nitrogens with one attached hydrogen (secondary N) is 1. The fraction of sp³-hybridized carbons (Fsp3) is 0.906. The normalized spacial score (nSPS) is 11.6. The molecule has 0 fully saturated rings. The Labute approximate surface area is 317 Å². The molecule has 0 aromatic carbocycles. The number of carbonyl (C=O) groups is 3. The molecular weight excluding hydrogens is 619 g/mol. The molecule has 0 aliphatic rings. The Morgan fingerprint density at radius 1 is 0.622 bits per heavy atom. The van der Waals surface area contributed by atoms with Crippen molar-refractivity contribution in [3.8, 4) is 0 Å². The zero-order valence-corrected chi connectivity index (χ0v) is 34.0. The largest absolute Gasteiger partial charge is 1.00 e. The van der Waals surface area contributed by atoms with E-state index in [0.717, 1.165) is 70.8 Å². The van der Waals surface area contributed by atoms with Gasteiger partial charge >= 0.3 is 71.1 Å². The van der Waals surface area contributed by atoms with Gasteiger partial charge in [0.25, 0.3) is 0 Å². The van der Waals surface area contributed by atoms with Crippen LogP contribution in [-0.4, -0.2) is 43.7 Å².